The van der Waals surface area contributed by atoms with Gasteiger partial charge in [0.15, 0.2) is 0 Å². The highest BCUT2D eigenvalue weighted by Crippen LogP contribution is 2.31. The van der Waals surface area contributed by atoms with Gasteiger partial charge in [-0.15, -0.1) is 5.73 Å². The number of carbonyl (C=O) groups excluding carboxylic acids is 2. The summed E-state index contributed by atoms with van der Waals surface area (Å²) in [6.07, 6.45) is 1.73. The average molecular weight is 329 g/mol. The van der Waals surface area contributed by atoms with Gasteiger partial charge in [0, 0.05) is 6.07 Å². The van der Waals surface area contributed by atoms with E-state index in [4.69, 9.17) is 4.74 Å². The van der Waals surface area contributed by atoms with Crippen molar-refractivity contribution < 1.29 is 14.3 Å². The van der Waals surface area contributed by atoms with Crippen molar-refractivity contribution >= 4 is 17.4 Å². The first-order valence-electron chi connectivity index (χ1n) is 7.99. The van der Waals surface area contributed by atoms with Crippen molar-refractivity contribution in [3.8, 4) is 5.75 Å². The molecule has 0 radical (unpaired) electrons. The van der Waals surface area contributed by atoms with Gasteiger partial charge in [-0.2, -0.15) is 0 Å². The number of aryl methyl sites for hydroxylation is 1. The molecule has 0 bridgehead atoms. The van der Waals surface area contributed by atoms with E-state index in [1.165, 1.54) is 11.8 Å². The Morgan fingerprint density at radius 1 is 1.29 bits per heavy atom. The summed E-state index contributed by atoms with van der Waals surface area (Å²) in [6, 6.07) is 5.50. The zero-order valence-corrected chi connectivity index (χ0v) is 15.7. The number of ketones is 1. The van der Waals surface area contributed by atoms with Crippen LogP contribution in [0.2, 0.25) is 0 Å². The van der Waals surface area contributed by atoms with Gasteiger partial charge in [-0.1, -0.05) is 26.8 Å². The summed E-state index contributed by atoms with van der Waals surface area (Å²) in [5.74, 6) is 0.343. The van der Waals surface area contributed by atoms with Crippen LogP contribution in [0.25, 0.3) is 0 Å². The lowest BCUT2D eigenvalue weighted by atomic mass is 9.85. The van der Waals surface area contributed by atoms with Gasteiger partial charge in [0.2, 0.25) is 0 Å². The lowest BCUT2D eigenvalue weighted by Crippen LogP contribution is -2.39. The first-order valence-corrected chi connectivity index (χ1v) is 7.99. The second kappa shape index (κ2) is 7.98. The van der Waals surface area contributed by atoms with Gasteiger partial charge in [0.25, 0.3) is 5.91 Å². The number of anilines is 1. The molecule has 4 nitrogen and oxygen atoms in total. The first kappa shape index (κ1) is 19.7. The van der Waals surface area contributed by atoms with E-state index < -0.39 is 0 Å². The number of hydrogen-bond acceptors (Lipinski definition) is 3. The third-order valence-corrected chi connectivity index (χ3v) is 3.59. The summed E-state index contributed by atoms with van der Waals surface area (Å²) >= 11 is 0. The van der Waals surface area contributed by atoms with Crippen LogP contribution in [0.3, 0.4) is 0 Å². The van der Waals surface area contributed by atoms with Gasteiger partial charge >= 0.3 is 0 Å². The molecule has 0 atom stereocenters. The van der Waals surface area contributed by atoms with Crippen LogP contribution in [0.1, 0.15) is 40.2 Å². The molecule has 0 aromatic heterocycles. The Morgan fingerprint density at radius 2 is 1.92 bits per heavy atom. The Labute approximate surface area is 144 Å². The van der Waals surface area contributed by atoms with Crippen molar-refractivity contribution in [2.45, 2.75) is 41.5 Å². The van der Waals surface area contributed by atoms with Crippen molar-refractivity contribution in [3.63, 3.8) is 0 Å². The van der Waals surface area contributed by atoms with E-state index >= 15 is 0 Å². The highest BCUT2D eigenvalue weighted by atomic mass is 16.5. The molecule has 0 heterocycles. The molecule has 1 rings (SSSR count). The molecular weight excluding hydrogens is 302 g/mol. The second-order valence-corrected chi connectivity index (χ2v) is 6.80. The maximum Gasteiger partial charge on any atom is 0.262 e. The predicted octanol–water partition coefficient (Wildman–Crippen LogP) is 4.07. The summed E-state index contributed by atoms with van der Waals surface area (Å²) in [5, 5.41) is 0. The van der Waals surface area contributed by atoms with Crippen LogP contribution in [0.5, 0.6) is 5.75 Å². The van der Waals surface area contributed by atoms with Crippen LogP contribution in [-0.4, -0.2) is 25.3 Å². The van der Waals surface area contributed by atoms with E-state index in [-0.39, 0.29) is 23.7 Å². The number of rotatable bonds is 5. The van der Waals surface area contributed by atoms with Gasteiger partial charge in [-0.05, 0) is 43.9 Å². The van der Waals surface area contributed by atoms with E-state index in [0.29, 0.717) is 17.0 Å². The van der Waals surface area contributed by atoms with Gasteiger partial charge in [-0.25, -0.2) is 0 Å². The Balaban J connectivity index is 3.50. The fourth-order valence-electron chi connectivity index (χ4n) is 2.37. The van der Waals surface area contributed by atoms with Crippen LogP contribution in [-0.2, 0) is 9.59 Å². The van der Waals surface area contributed by atoms with Gasteiger partial charge in [0.05, 0.1) is 24.9 Å². The zero-order valence-electron chi connectivity index (χ0n) is 15.7. The zero-order chi connectivity index (χ0) is 18.5. The molecule has 130 valence electrons. The average Bonchev–Trinajstić information content (AvgIpc) is 2.49. The third-order valence-electron chi connectivity index (χ3n) is 3.59. The topological polar surface area (TPSA) is 46.6 Å². The smallest absolute Gasteiger partial charge is 0.262 e. The van der Waals surface area contributed by atoms with E-state index in [0.717, 1.165) is 5.56 Å². The van der Waals surface area contributed by atoms with Crippen LogP contribution >= 0.6 is 0 Å². The second-order valence-electron chi connectivity index (χ2n) is 6.80. The summed E-state index contributed by atoms with van der Waals surface area (Å²) in [7, 11) is 1.58. The lowest BCUT2D eigenvalue weighted by Gasteiger charge is -2.29. The highest BCUT2D eigenvalue weighted by molar-refractivity contribution is 6.09. The van der Waals surface area contributed by atoms with Crippen LogP contribution in [0.4, 0.5) is 5.69 Å². The molecule has 0 spiro atoms. The Kier molecular flexibility index (Phi) is 6.56. The number of benzene rings is 1. The Bertz CT molecular complexity index is 689. The molecule has 4 heteroatoms. The third kappa shape index (κ3) is 4.84. The van der Waals surface area contributed by atoms with Crippen molar-refractivity contribution in [3.05, 3.63) is 41.1 Å². The van der Waals surface area contributed by atoms with Gasteiger partial charge in [0.1, 0.15) is 11.5 Å². The molecule has 1 aromatic rings. The lowest BCUT2D eigenvalue weighted by molar-refractivity contribution is -0.120. The number of methoxy groups -OCH3 is 1. The largest absolute Gasteiger partial charge is 0.497 e. The minimum Gasteiger partial charge on any atom is -0.497 e. The van der Waals surface area contributed by atoms with Crippen LogP contribution in [0, 0.1) is 12.3 Å². The number of carbonyl (C=O) groups is 2. The first-order chi connectivity index (χ1) is 11.1. The number of amides is 1. The summed E-state index contributed by atoms with van der Waals surface area (Å²) < 4.78 is 5.27. The summed E-state index contributed by atoms with van der Waals surface area (Å²) in [5.41, 5.74) is 4.78. The summed E-state index contributed by atoms with van der Waals surface area (Å²) in [6.45, 7) is 11.1. The number of Topliss-reactive ketones (excluding diaryl/α,β-unsaturated/α-hetero) is 1. The van der Waals surface area contributed by atoms with E-state index in [1.807, 2.05) is 46.8 Å². The molecule has 0 fully saturated rings. The van der Waals surface area contributed by atoms with E-state index in [9.17, 15) is 9.59 Å². The molecule has 0 unspecified atom stereocenters. The fraction of sp³-hybridized carbons (Fsp3) is 0.450. The van der Waals surface area contributed by atoms with E-state index in [1.54, 1.807) is 19.3 Å². The van der Waals surface area contributed by atoms with E-state index in [2.05, 4.69) is 5.73 Å². The summed E-state index contributed by atoms with van der Waals surface area (Å²) in [4.78, 5) is 26.5. The molecule has 24 heavy (non-hydrogen) atoms. The van der Waals surface area contributed by atoms with Crippen molar-refractivity contribution in [1.82, 2.24) is 0 Å². The van der Waals surface area contributed by atoms with Crippen molar-refractivity contribution in [2.24, 2.45) is 5.41 Å². The highest BCUT2D eigenvalue weighted by Gasteiger charge is 2.30. The molecule has 0 N–H and O–H groups in total. The minimum absolute atomic E-state index is 0.0117. The maximum atomic E-state index is 13.2. The molecule has 0 saturated heterocycles. The molecular formula is C20H27NO3. The normalized spacial score (nSPS) is 10.6. The van der Waals surface area contributed by atoms with Crippen LogP contribution < -0.4 is 9.64 Å². The van der Waals surface area contributed by atoms with Crippen molar-refractivity contribution in [1.29, 1.82) is 0 Å². The van der Waals surface area contributed by atoms with Crippen LogP contribution in [0.15, 0.2) is 35.6 Å². The molecule has 0 aliphatic heterocycles. The van der Waals surface area contributed by atoms with Gasteiger partial charge < -0.3 is 9.64 Å². The minimum atomic E-state index is -0.384. The number of hydrogen-bond donors (Lipinski definition) is 0. The SMILES string of the molecule is CC=C=C(C(=O)N(CC(C)=O)c1cc(OC)ccc1C)C(C)(C)C. The Hall–Kier alpha value is -2.32. The number of nitrogens with zero attached hydrogens (tertiary/aromatic N) is 1. The maximum absolute atomic E-state index is 13.2. The molecule has 0 aliphatic carbocycles. The Morgan fingerprint density at radius 3 is 2.38 bits per heavy atom. The predicted molar refractivity (Wildman–Crippen MR) is 97.5 cm³/mol. The monoisotopic (exact) mass is 329 g/mol. The quantitative estimate of drug-likeness (QED) is 0.604. The number of ether oxygens (including phenoxy) is 1. The molecule has 0 saturated carbocycles. The fourth-order valence-corrected chi connectivity index (χ4v) is 2.37. The standard InChI is InChI=1S/C20H27NO3/c1-8-9-17(20(4,5)6)19(23)21(13-15(3)22)18-12-16(24-7)11-10-14(18)2/h8,10-12H,13H2,1-7H3. The molecule has 1 amide bonds. The van der Waals surface area contributed by atoms with Gasteiger partial charge in [-0.3, -0.25) is 9.59 Å². The van der Waals surface area contributed by atoms with Crippen molar-refractivity contribution in [2.75, 3.05) is 18.6 Å². The molecule has 1 aromatic carbocycles. The molecule has 0 aliphatic rings.